The fourth-order valence-corrected chi connectivity index (χ4v) is 4.90. The van der Waals surface area contributed by atoms with Gasteiger partial charge in [-0.25, -0.2) is 14.5 Å². The highest BCUT2D eigenvalue weighted by Crippen LogP contribution is 2.40. The summed E-state index contributed by atoms with van der Waals surface area (Å²) in [7, 11) is 0. The molecule has 2 atom stereocenters. The molecule has 4 rings (SSSR count). The van der Waals surface area contributed by atoms with Crippen LogP contribution in [-0.2, 0) is 25.8 Å². The highest BCUT2D eigenvalue weighted by Gasteiger charge is 2.53. The highest BCUT2D eigenvalue weighted by atomic mass is 32.2. The number of carbonyl (C=O) groups excluding carboxylic acids is 3. The number of β-lactam (4-membered cyclic amide) rings is 1. The third kappa shape index (κ3) is 4.55. The molecule has 0 aliphatic carbocycles. The zero-order chi connectivity index (χ0) is 24.2. The van der Waals surface area contributed by atoms with E-state index < -0.39 is 29.2 Å². The van der Waals surface area contributed by atoms with Crippen LogP contribution in [-0.4, -0.2) is 62.1 Å². The Balaban J connectivity index is 1.54. The number of nitrogens with one attached hydrogen (secondary N) is 1. The largest absolute Gasteiger partial charge is 0.543 e. The zero-order valence-corrected chi connectivity index (χ0v) is 18.9. The second-order valence-corrected chi connectivity index (χ2v) is 8.42. The number of aromatic nitrogens is 3. The van der Waals surface area contributed by atoms with Crippen LogP contribution in [0.4, 0.5) is 5.82 Å². The van der Waals surface area contributed by atoms with Gasteiger partial charge in [-0.15, -0.1) is 11.8 Å². The van der Waals surface area contributed by atoms with Crippen molar-refractivity contribution in [3.63, 3.8) is 0 Å². The number of nitrogens with zero attached hydrogens (tertiary/aromatic N) is 5. The molecular formula is C21H21N7O5S. The van der Waals surface area contributed by atoms with E-state index >= 15 is 0 Å². The first-order chi connectivity index (χ1) is 16.4. The predicted octanol–water partition coefficient (Wildman–Crippen LogP) is -1.81. The maximum atomic E-state index is 12.9. The number of thioether (sulfide) groups is 1. The number of hydrogen-bond donors (Lipinski definition) is 2. The van der Waals surface area contributed by atoms with Crippen LogP contribution in [0.15, 0.2) is 59.3 Å². The first kappa shape index (κ1) is 23.2. The molecule has 1 saturated heterocycles. The number of carbonyl (C=O) groups is 3. The molecule has 1 fully saturated rings. The predicted molar refractivity (Wildman–Crippen MR) is 118 cm³/mol. The van der Waals surface area contributed by atoms with Crippen LogP contribution < -0.4 is 20.7 Å². The summed E-state index contributed by atoms with van der Waals surface area (Å²) < 4.78 is 1.81. The first-order valence-corrected chi connectivity index (χ1v) is 11.4. The van der Waals surface area contributed by atoms with Crippen LogP contribution >= 0.6 is 11.8 Å². The molecule has 0 bridgehead atoms. The molecule has 1 unspecified atom stereocenters. The lowest BCUT2D eigenvalue weighted by Crippen LogP contribution is -2.71. The van der Waals surface area contributed by atoms with Crippen LogP contribution in [0.25, 0.3) is 0 Å². The van der Waals surface area contributed by atoms with E-state index in [2.05, 4.69) is 20.4 Å². The lowest BCUT2D eigenvalue weighted by molar-refractivity contribution is -0.689. The molecular weight excluding hydrogens is 462 g/mol. The molecule has 13 heteroatoms. The lowest BCUT2D eigenvalue weighted by Gasteiger charge is -2.50. The Morgan fingerprint density at radius 1 is 1.38 bits per heavy atom. The number of hydrogen-bond acceptors (Lipinski definition) is 10. The van der Waals surface area contributed by atoms with Crippen molar-refractivity contribution < 1.29 is 28.9 Å². The monoisotopic (exact) mass is 483 g/mol. The molecule has 34 heavy (non-hydrogen) atoms. The third-order valence-corrected chi connectivity index (χ3v) is 6.41. The standard InChI is InChI=1S/C21H21N7O5S/c1-2-33-26-14(17-23-7-6-13(22)24-17)18(29)25-15-19(30)28-16(21(31)32)12(11-34-20(15)28)10-27-8-4-3-5-9-27/h3-9,15,20H,2,10-11H2,1H3,(H3-,22,23,24,25,29,31,32)/t15?,20-/m1/s1. The smallest absolute Gasteiger partial charge is 0.278 e. The Morgan fingerprint density at radius 3 is 2.82 bits per heavy atom. The maximum absolute atomic E-state index is 12.9. The van der Waals surface area contributed by atoms with E-state index in [0.717, 1.165) is 4.90 Å². The van der Waals surface area contributed by atoms with E-state index in [1.165, 1.54) is 24.0 Å². The Hall–Kier alpha value is -4.00. The Morgan fingerprint density at radius 2 is 2.15 bits per heavy atom. The summed E-state index contributed by atoms with van der Waals surface area (Å²) in [6.45, 7) is 2.17. The summed E-state index contributed by atoms with van der Waals surface area (Å²) in [6.07, 6.45) is 4.97. The average Bonchev–Trinajstić information content (AvgIpc) is 2.83. The molecule has 176 valence electrons. The van der Waals surface area contributed by atoms with Crippen LogP contribution in [0.2, 0.25) is 0 Å². The molecule has 0 radical (unpaired) electrons. The number of pyridine rings is 1. The summed E-state index contributed by atoms with van der Waals surface area (Å²) in [4.78, 5) is 51.9. The van der Waals surface area contributed by atoms with Gasteiger partial charge in [0, 0.05) is 29.7 Å². The van der Waals surface area contributed by atoms with Gasteiger partial charge in [0.15, 0.2) is 24.8 Å². The highest BCUT2D eigenvalue weighted by molar-refractivity contribution is 8.00. The number of carboxylic acid groups (broad SMARTS) is 1. The number of carboxylic acids is 1. The Kier molecular flexibility index (Phi) is 6.72. The summed E-state index contributed by atoms with van der Waals surface area (Å²) in [5.41, 5.74) is 5.80. The van der Waals surface area contributed by atoms with Crippen LogP contribution in [0.5, 0.6) is 0 Å². The minimum Gasteiger partial charge on any atom is -0.543 e. The first-order valence-electron chi connectivity index (χ1n) is 10.3. The molecule has 3 N–H and O–H groups in total. The van der Waals surface area contributed by atoms with Crippen molar-refractivity contribution in [2.24, 2.45) is 5.16 Å². The topological polar surface area (TPSA) is 167 Å². The SMILES string of the molecule is CCON=C(C(=O)NC1C(=O)N2C(C(=O)[O-])=C(C[n+]3ccccc3)CS[C@H]12)c1nccc(N)n1. The van der Waals surface area contributed by atoms with Gasteiger partial charge in [-0.3, -0.25) is 14.5 Å². The number of nitrogens with two attached hydrogens (primary N) is 1. The van der Waals surface area contributed by atoms with Crippen molar-refractivity contribution in [2.45, 2.75) is 24.9 Å². The van der Waals surface area contributed by atoms with Crippen molar-refractivity contribution in [1.82, 2.24) is 20.2 Å². The van der Waals surface area contributed by atoms with Gasteiger partial charge >= 0.3 is 0 Å². The number of fused-ring (bicyclic) bond motifs is 1. The molecule has 2 aromatic rings. The summed E-state index contributed by atoms with van der Waals surface area (Å²) in [6, 6.07) is 5.98. The van der Waals surface area contributed by atoms with Gasteiger partial charge in [0.2, 0.25) is 5.71 Å². The quantitative estimate of drug-likeness (QED) is 0.190. The summed E-state index contributed by atoms with van der Waals surface area (Å²) in [5, 5.41) is 17.7. The Bertz CT molecular complexity index is 1190. The number of oxime groups is 1. The van der Waals surface area contributed by atoms with Gasteiger partial charge < -0.3 is 25.8 Å². The van der Waals surface area contributed by atoms with Crippen molar-refractivity contribution >= 4 is 41.1 Å². The van der Waals surface area contributed by atoms with Gasteiger partial charge in [-0.2, -0.15) is 0 Å². The normalized spacial score (nSPS) is 19.9. The lowest BCUT2D eigenvalue weighted by atomic mass is 10.0. The molecule has 0 aromatic carbocycles. The van der Waals surface area contributed by atoms with Crippen molar-refractivity contribution in [1.29, 1.82) is 0 Å². The number of nitrogen functional groups attached to an aromatic ring is 1. The molecule has 0 saturated carbocycles. The van der Waals surface area contributed by atoms with Gasteiger partial charge in [0.25, 0.3) is 11.8 Å². The fraction of sp³-hybridized carbons (Fsp3) is 0.286. The Labute approximate surface area is 198 Å². The van der Waals surface area contributed by atoms with Crippen molar-refractivity contribution in [2.75, 3.05) is 18.1 Å². The molecule has 2 aromatic heterocycles. The van der Waals surface area contributed by atoms with E-state index in [9.17, 15) is 19.5 Å². The molecule has 2 aliphatic rings. The van der Waals surface area contributed by atoms with E-state index in [1.807, 2.05) is 22.8 Å². The van der Waals surface area contributed by atoms with Gasteiger partial charge in [0.05, 0.1) is 11.7 Å². The zero-order valence-electron chi connectivity index (χ0n) is 18.1. The second kappa shape index (κ2) is 9.87. The minimum atomic E-state index is -1.44. The second-order valence-electron chi connectivity index (χ2n) is 7.31. The fourth-order valence-electron chi connectivity index (χ4n) is 3.56. The number of aliphatic carboxylic acids is 1. The number of amides is 2. The van der Waals surface area contributed by atoms with Crippen molar-refractivity contribution in [3.8, 4) is 0 Å². The van der Waals surface area contributed by atoms with Crippen LogP contribution in [0, 0.1) is 0 Å². The van der Waals surface area contributed by atoms with Crippen molar-refractivity contribution in [3.05, 3.63) is 60.0 Å². The number of anilines is 1. The van der Waals surface area contributed by atoms with E-state index in [4.69, 9.17) is 10.6 Å². The maximum Gasteiger partial charge on any atom is 0.278 e. The summed E-state index contributed by atoms with van der Waals surface area (Å²) in [5.74, 6) is -2.34. The molecule has 2 amide bonds. The molecule has 4 heterocycles. The van der Waals surface area contributed by atoms with Gasteiger partial charge in [-0.05, 0) is 13.0 Å². The minimum absolute atomic E-state index is 0.0663. The van der Waals surface area contributed by atoms with Crippen LogP contribution in [0.3, 0.4) is 0 Å². The van der Waals surface area contributed by atoms with E-state index in [1.54, 1.807) is 19.3 Å². The molecule has 0 spiro atoms. The van der Waals surface area contributed by atoms with Gasteiger partial charge in [0.1, 0.15) is 23.8 Å². The average molecular weight is 484 g/mol. The molecule has 2 aliphatic heterocycles. The van der Waals surface area contributed by atoms with E-state index in [-0.39, 0.29) is 29.7 Å². The van der Waals surface area contributed by atoms with E-state index in [0.29, 0.717) is 17.9 Å². The number of rotatable bonds is 8. The molecule has 12 nitrogen and oxygen atoms in total. The third-order valence-electron chi connectivity index (χ3n) is 5.07. The summed E-state index contributed by atoms with van der Waals surface area (Å²) >= 11 is 1.35. The van der Waals surface area contributed by atoms with Crippen LogP contribution in [0.1, 0.15) is 12.7 Å². The van der Waals surface area contributed by atoms with Gasteiger partial charge in [-0.1, -0.05) is 11.2 Å².